The molecule has 0 aliphatic carbocycles. The Bertz CT molecular complexity index is 929. The lowest BCUT2D eigenvalue weighted by molar-refractivity contribution is -0.113. The summed E-state index contributed by atoms with van der Waals surface area (Å²) in [7, 11) is 0. The van der Waals surface area contributed by atoms with Crippen LogP contribution in [0, 0.1) is 12.7 Å². The van der Waals surface area contributed by atoms with Crippen LogP contribution in [0.25, 0.3) is 11.4 Å². The van der Waals surface area contributed by atoms with E-state index in [1.807, 2.05) is 16.7 Å². The Kier molecular flexibility index (Phi) is 6.18. The minimum atomic E-state index is -0.342. The Balaban J connectivity index is 1.69. The molecule has 140 valence electrons. The van der Waals surface area contributed by atoms with Crippen molar-refractivity contribution < 1.29 is 9.18 Å². The predicted molar refractivity (Wildman–Crippen MR) is 104 cm³/mol. The molecule has 0 fully saturated rings. The Hall–Kier alpha value is -2.74. The number of benzene rings is 1. The minimum Gasteiger partial charge on any atom is -0.325 e. The molecular formula is C19H20FN5OS. The number of hydrogen-bond acceptors (Lipinski definition) is 5. The van der Waals surface area contributed by atoms with Crippen LogP contribution in [0.4, 0.5) is 10.1 Å². The van der Waals surface area contributed by atoms with Crippen LogP contribution in [0.2, 0.25) is 0 Å². The van der Waals surface area contributed by atoms with Gasteiger partial charge in [-0.3, -0.25) is 9.78 Å². The molecule has 3 aromatic rings. The topological polar surface area (TPSA) is 72.7 Å². The number of carbonyl (C=O) groups excluding carboxylic acids is 1. The predicted octanol–water partition coefficient (Wildman–Crippen LogP) is 3.93. The van der Waals surface area contributed by atoms with E-state index in [0.29, 0.717) is 16.4 Å². The zero-order valence-electron chi connectivity index (χ0n) is 15.1. The Morgan fingerprint density at radius 2 is 2.00 bits per heavy atom. The maximum atomic E-state index is 13.6. The van der Waals surface area contributed by atoms with E-state index in [-0.39, 0.29) is 17.5 Å². The van der Waals surface area contributed by atoms with Crippen molar-refractivity contribution in [1.82, 2.24) is 19.7 Å². The summed E-state index contributed by atoms with van der Waals surface area (Å²) in [5.41, 5.74) is 1.91. The van der Waals surface area contributed by atoms with E-state index in [1.165, 1.54) is 17.8 Å². The first-order valence-corrected chi connectivity index (χ1v) is 9.59. The molecule has 0 radical (unpaired) electrons. The molecule has 0 aliphatic rings. The van der Waals surface area contributed by atoms with Gasteiger partial charge in [0.15, 0.2) is 11.0 Å². The summed E-state index contributed by atoms with van der Waals surface area (Å²) in [6.45, 7) is 4.50. The molecule has 2 aromatic heterocycles. The van der Waals surface area contributed by atoms with Crippen molar-refractivity contribution in [1.29, 1.82) is 0 Å². The number of pyridine rings is 1. The summed E-state index contributed by atoms with van der Waals surface area (Å²) in [5, 5.41) is 11.9. The lowest BCUT2D eigenvalue weighted by atomic mass is 10.2. The van der Waals surface area contributed by atoms with Crippen LogP contribution in [0.1, 0.15) is 18.9 Å². The molecule has 1 N–H and O–H groups in total. The van der Waals surface area contributed by atoms with Gasteiger partial charge >= 0.3 is 0 Å². The van der Waals surface area contributed by atoms with E-state index >= 15 is 0 Å². The van der Waals surface area contributed by atoms with Crippen LogP contribution >= 0.6 is 11.8 Å². The molecule has 0 aliphatic heterocycles. The number of aromatic nitrogens is 4. The fourth-order valence-corrected chi connectivity index (χ4v) is 3.30. The highest BCUT2D eigenvalue weighted by Gasteiger charge is 2.15. The molecule has 27 heavy (non-hydrogen) atoms. The number of carbonyl (C=O) groups is 1. The van der Waals surface area contributed by atoms with Gasteiger partial charge in [-0.2, -0.15) is 0 Å². The fraction of sp³-hybridized carbons (Fsp3) is 0.263. The molecule has 0 bridgehead atoms. The number of anilines is 1. The number of halogens is 1. The van der Waals surface area contributed by atoms with Crippen molar-refractivity contribution in [3.63, 3.8) is 0 Å². The molecule has 0 unspecified atom stereocenters. The van der Waals surface area contributed by atoms with Gasteiger partial charge in [0.05, 0.1) is 5.75 Å². The quantitative estimate of drug-likeness (QED) is 0.624. The smallest absolute Gasteiger partial charge is 0.234 e. The van der Waals surface area contributed by atoms with E-state index in [1.54, 1.807) is 31.5 Å². The molecule has 2 heterocycles. The van der Waals surface area contributed by atoms with E-state index in [4.69, 9.17) is 0 Å². The van der Waals surface area contributed by atoms with Crippen molar-refractivity contribution in [3.05, 3.63) is 54.1 Å². The van der Waals surface area contributed by atoms with Crippen LogP contribution in [0.3, 0.4) is 0 Å². The lowest BCUT2D eigenvalue weighted by Crippen LogP contribution is -2.15. The van der Waals surface area contributed by atoms with Gasteiger partial charge < -0.3 is 9.88 Å². The van der Waals surface area contributed by atoms with E-state index in [2.05, 4.69) is 27.4 Å². The summed E-state index contributed by atoms with van der Waals surface area (Å²) in [4.78, 5) is 16.2. The van der Waals surface area contributed by atoms with Crippen LogP contribution in [0.5, 0.6) is 0 Å². The Morgan fingerprint density at radius 1 is 1.22 bits per heavy atom. The van der Waals surface area contributed by atoms with Crippen molar-refractivity contribution in [2.45, 2.75) is 32.0 Å². The monoisotopic (exact) mass is 385 g/mol. The number of aryl methyl sites for hydroxylation is 1. The van der Waals surface area contributed by atoms with Crippen LogP contribution < -0.4 is 5.32 Å². The Morgan fingerprint density at radius 3 is 2.70 bits per heavy atom. The zero-order valence-corrected chi connectivity index (χ0v) is 16.0. The highest BCUT2D eigenvalue weighted by atomic mass is 32.2. The molecule has 0 spiro atoms. The maximum Gasteiger partial charge on any atom is 0.234 e. The third kappa shape index (κ3) is 4.71. The molecule has 6 nitrogen and oxygen atoms in total. The normalized spacial score (nSPS) is 10.8. The van der Waals surface area contributed by atoms with Crippen LogP contribution in [0.15, 0.2) is 47.9 Å². The summed E-state index contributed by atoms with van der Waals surface area (Å²) in [5.74, 6) is 0.348. The molecule has 0 saturated carbocycles. The lowest BCUT2D eigenvalue weighted by Gasteiger charge is -2.09. The SMILES string of the molecule is CCCn1c(SCC(=O)Nc2ccc(C)c(F)c2)nnc1-c1ccncc1. The van der Waals surface area contributed by atoms with Gasteiger partial charge in [0.2, 0.25) is 5.91 Å². The molecule has 1 amide bonds. The number of rotatable bonds is 7. The molecule has 3 rings (SSSR count). The zero-order chi connectivity index (χ0) is 19.2. The standard InChI is InChI=1S/C19H20FN5OS/c1-3-10-25-18(14-6-8-21-9-7-14)23-24-19(25)27-12-17(26)22-15-5-4-13(2)16(20)11-15/h4-9,11H,3,10,12H2,1-2H3,(H,22,26). The molecule has 0 atom stereocenters. The number of hydrogen-bond donors (Lipinski definition) is 1. The van der Waals surface area contributed by atoms with Gasteiger partial charge in [0, 0.05) is 30.2 Å². The Labute approximate surface area is 161 Å². The molecule has 0 saturated heterocycles. The highest BCUT2D eigenvalue weighted by Crippen LogP contribution is 2.24. The van der Waals surface area contributed by atoms with Crippen molar-refractivity contribution in [3.8, 4) is 11.4 Å². The molecular weight excluding hydrogens is 365 g/mol. The van der Waals surface area contributed by atoms with Gasteiger partial charge in [-0.05, 0) is 43.2 Å². The van der Waals surface area contributed by atoms with Gasteiger partial charge in [0.25, 0.3) is 0 Å². The summed E-state index contributed by atoms with van der Waals surface area (Å²) < 4.78 is 15.6. The molecule has 8 heteroatoms. The highest BCUT2D eigenvalue weighted by molar-refractivity contribution is 7.99. The summed E-state index contributed by atoms with van der Waals surface area (Å²) >= 11 is 1.31. The van der Waals surface area contributed by atoms with Gasteiger partial charge in [0.1, 0.15) is 5.82 Å². The second kappa shape index (κ2) is 8.77. The first-order valence-electron chi connectivity index (χ1n) is 8.61. The van der Waals surface area contributed by atoms with Gasteiger partial charge in [-0.1, -0.05) is 24.8 Å². The number of nitrogens with zero attached hydrogens (tertiary/aromatic N) is 4. The first-order chi connectivity index (χ1) is 13.1. The fourth-order valence-electron chi connectivity index (χ4n) is 2.53. The van der Waals surface area contributed by atoms with Crippen molar-refractivity contribution >= 4 is 23.4 Å². The summed E-state index contributed by atoms with van der Waals surface area (Å²) in [6, 6.07) is 8.39. The minimum absolute atomic E-state index is 0.160. The maximum absolute atomic E-state index is 13.6. The first kappa shape index (κ1) is 19.0. The van der Waals surface area contributed by atoms with Gasteiger partial charge in [-0.25, -0.2) is 4.39 Å². The van der Waals surface area contributed by atoms with Gasteiger partial charge in [-0.15, -0.1) is 10.2 Å². The third-order valence-corrected chi connectivity index (χ3v) is 4.86. The number of nitrogens with one attached hydrogen (secondary N) is 1. The third-order valence-electron chi connectivity index (χ3n) is 3.89. The molecule has 1 aromatic carbocycles. The van der Waals surface area contributed by atoms with Crippen LogP contribution in [-0.4, -0.2) is 31.4 Å². The van der Waals surface area contributed by atoms with Crippen molar-refractivity contribution in [2.24, 2.45) is 0 Å². The summed E-state index contributed by atoms with van der Waals surface area (Å²) in [6.07, 6.45) is 4.33. The second-order valence-electron chi connectivity index (χ2n) is 5.99. The second-order valence-corrected chi connectivity index (χ2v) is 6.94. The number of thioether (sulfide) groups is 1. The van der Waals surface area contributed by atoms with E-state index in [9.17, 15) is 9.18 Å². The average molecular weight is 385 g/mol. The average Bonchev–Trinajstić information content (AvgIpc) is 3.07. The largest absolute Gasteiger partial charge is 0.325 e. The van der Waals surface area contributed by atoms with Crippen molar-refractivity contribution in [2.75, 3.05) is 11.1 Å². The number of amides is 1. The van der Waals surface area contributed by atoms with Crippen LogP contribution in [-0.2, 0) is 11.3 Å². The van der Waals surface area contributed by atoms with E-state index < -0.39 is 0 Å². The van der Waals surface area contributed by atoms with E-state index in [0.717, 1.165) is 24.4 Å².